The molecule has 28 heavy (non-hydrogen) atoms. The van der Waals surface area contributed by atoms with E-state index in [4.69, 9.17) is 34.8 Å². The average molecular weight is 455 g/mol. The highest BCUT2D eigenvalue weighted by Crippen LogP contribution is 2.37. The van der Waals surface area contributed by atoms with Gasteiger partial charge in [-0.3, -0.25) is 0 Å². The highest BCUT2D eigenvalue weighted by atomic mass is 35.6. The third kappa shape index (κ3) is 5.59. The minimum atomic E-state index is -4.49. The van der Waals surface area contributed by atoms with Gasteiger partial charge >= 0.3 is 6.18 Å². The number of anilines is 1. The van der Waals surface area contributed by atoms with Crippen molar-refractivity contribution in [3.05, 3.63) is 35.7 Å². The van der Waals surface area contributed by atoms with Crippen LogP contribution in [0, 0.1) is 0 Å². The number of alkyl halides is 6. The zero-order chi connectivity index (χ0) is 20.4. The smallest absolute Gasteiger partial charge is 0.353 e. The molecule has 0 saturated carbocycles. The minimum absolute atomic E-state index is 0.00824. The van der Waals surface area contributed by atoms with Crippen molar-refractivity contribution in [1.82, 2.24) is 19.9 Å². The van der Waals surface area contributed by atoms with Crippen LogP contribution >= 0.6 is 34.8 Å². The largest absolute Gasteiger partial charge is 0.416 e. The lowest BCUT2D eigenvalue weighted by molar-refractivity contribution is -0.137. The Bertz CT molecular complexity index is 820. The van der Waals surface area contributed by atoms with E-state index >= 15 is 0 Å². The summed E-state index contributed by atoms with van der Waals surface area (Å²) in [4.78, 5) is 14.6. The van der Waals surface area contributed by atoms with Crippen molar-refractivity contribution >= 4 is 40.8 Å². The van der Waals surface area contributed by atoms with Crippen LogP contribution in [-0.2, 0) is 9.97 Å². The first-order valence-corrected chi connectivity index (χ1v) is 9.73. The highest BCUT2D eigenvalue weighted by molar-refractivity contribution is 6.66. The number of benzene rings is 1. The molecule has 1 N–H and O–H groups in total. The van der Waals surface area contributed by atoms with Crippen molar-refractivity contribution in [2.45, 2.75) is 22.8 Å². The van der Waals surface area contributed by atoms with E-state index in [9.17, 15) is 13.2 Å². The molecule has 0 atom stereocenters. The van der Waals surface area contributed by atoms with E-state index in [-0.39, 0.29) is 23.2 Å². The number of aromatic nitrogens is 3. The maximum absolute atomic E-state index is 13.0. The third-order valence-electron chi connectivity index (χ3n) is 4.25. The van der Waals surface area contributed by atoms with Gasteiger partial charge in [-0.2, -0.15) is 23.1 Å². The van der Waals surface area contributed by atoms with Gasteiger partial charge in [0, 0.05) is 18.7 Å². The topological polar surface area (TPSA) is 53.9 Å². The maximum Gasteiger partial charge on any atom is 0.416 e. The third-order valence-corrected chi connectivity index (χ3v) is 4.75. The number of hydrogen-bond acceptors (Lipinski definition) is 5. The predicted octanol–water partition coefficient (Wildman–Crippen LogP) is 4.89. The molecular formula is C17H17Cl3F3N5. The Kier molecular flexibility index (Phi) is 6.54. The molecule has 1 fully saturated rings. The number of likely N-dealkylation sites (tertiary alicyclic amines) is 1. The van der Waals surface area contributed by atoms with E-state index in [0.29, 0.717) is 6.54 Å². The lowest BCUT2D eigenvalue weighted by atomic mass is 10.1. The van der Waals surface area contributed by atoms with Crippen LogP contribution in [0.3, 0.4) is 0 Å². The Balaban J connectivity index is 1.87. The first kappa shape index (κ1) is 21.4. The molecule has 1 aliphatic rings. The Morgan fingerprint density at radius 2 is 1.75 bits per heavy atom. The average Bonchev–Trinajstić information content (AvgIpc) is 3.14. The number of nitrogens with zero attached hydrogens (tertiary/aromatic N) is 4. The van der Waals surface area contributed by atoms with Crippen molar-refractivity contribution in [1.29, 1.82) is 0 Å². The zero-order valence-electron chi connectivity index (χ0n) is 14.6. The van der Waals surface area contributed by atoms with E-state index < -0.39 is 15.5 Å². The van der Waals surface area contributed by atoms with Crippen molar-refractivity contribution in [2.24, 2.45) is 0 Å². The number of halogens is 6. The summed E-state index contributed by atoms with van der Waals surface area (Å²) in [6.45, 7) is 3.40. The van der Waals surface area contributed by atoms with Gasteiger partial charge in [-0.25, -0.2) is 4.98 Å². The summed E-state index contributed by atoms with van der Waals surface area (Å²) < 4.78 is 37.1. The molecule has 1 aliphatic heterocycles. The monoisotopic (exact) mass is 453 g/mol. The van der Waals surface area contributed by atoms with Gasteiger partial charge in [0.05, 0.1) is 5.56 Å². The predicted molar refractivity (Wildman–Crippen MR) is 104 cm³/mol. The SMILES string of the molecule is FC(F)(F)c1cccc(-c2nc(NCCN3CCCC3)nc(C(Cl)(Cl)Cl)n2)c1. The van der Waals surface area contributed by atoms with Gasteiger partial charge in [-0.15, -0.1) is 0 Å². The molecule has 0 bridgehead atoms. The van der Waals surface area contributed by atoms with E-state index in [0.717, 1.165) is 31.8 Å². The summed E-state index contributed by atoms with van der Waals surface area (Å²) in [6.07, 6.45) is -2.15. The molecule has 2 heterocycles. The fraction of sp³-hybridized carbons (Fsp3) is 0.471. The Morgan fingerprint density at radius 3 is 2.39 bits per heavy atom. The van der Waals surface area contributed by atoms with Gasteiger partial charge in [-0.05, 0) is 38.1 Å². The van der Waals surface area contributed by atoms with Crippen LogP contribution in [0.4, 0.5) is 19.1 Å². The molecule has 11 heteroatoms. The van der Waals surface area contributed by atoms with Crippen molar-refractivity contribution in [2.75, 3.05) is 31.5 Å². The highest BCUT2D eigenvalue weighted by Gasteiger charge is 2.32. The Hall–Kier alpha value is -1.35. The summed E-state index contributed by atoms with van der Waals surface area (Å²) in [5.41, 5.74) is -0.667. The lowest BCUT2D eigenvalue weighted by Crippen LogP contribution is -2.26. The van der Waals surface area contributed by atoms with Gasteiger partial charge < -0.3 is 10.2 Å². The molecule has 0 unspecified atom stereocenters. The second kappa shape index (κ2) is 8.57. The van der Waals surface area contributed by atoms with Crippen LogP contribution in [0.5, 0.6) is 0 Å². The molecule has 0 amide bonds. The first-order valence-electron chi connectivity index (χ1n) is 8.60. The van der Waals surface area contributed by atoms with E-state index in [2.05, 4.69) is 25.2 Å². The van der Waals surface area contributed by atoms with E-state index in [1.165, 1.54) is 25.0 Å². The standard InChI is InChI=1S/C17H17Cl3F3N5/c18-16(19,20)14-25-13(11-4-3-5-12(10-11)17(21,22)23)26-15(27-14)24-6-9-28-7-1-2-8-28/h3-5,10H,1-2,6-9H2,(H,24,25,26,27). The molecule has 1 aromatic carbocycles. The fourth-order valence-electron chi connectivity index (χ4n) is 2.88. The summed E-state index contributed by atoms with van der Waals surface area (Å²) in [7, 11) is 0. The van der Waals surface area contributed by atoms with Crippen molar-refractivity contribution < 1.29 is 13.2 Å². The molecule has 152 valence electrons. The summed E-state index contributed by atoms with van der Waals surface area (Å²) in [5.74, 6) is -0.0300. The normalized spacial score (nSPS) is 15.8. The second-order valence-electron chi connectivity index (χ2n) is 6.36. The quantitative estimate of drug-likeness (QED) is 0.652. The van der Waals surface area contributed by atoms with Crippen LogP contribution in [-0.4, -0.2) is 46.0 Å². The van der Waals surface area contributed by atoms with E-state index in [1.54, 1.807) is 0 Å². The Labute approximate surface area is 175 Å². The molecule has 5 nitrogen and oxygen atoms in total. The number of nitrogens with one attached hydrogen (secondary N) is 1. The lowest BCUT2D eigenvalue weighted by Gasteiger charge is -2.16. The molecule has 0 spiro atoms. The van der Waals surface area contributed by atoms with Gasteiger partial charge in [-0.1, -0.05) is 46.9 Å². The molecular weight excluding hydrogens is 438 g/mol. The van der Waals surface area contributed by atoms with Crippen LogP contribution in [0.25, 0.3) is 11.4 Å². The summed E-state index contributed by atoms with van der Waals surface area (Å²) in [5, 5.41) is 3.04. The van der Waals surface area contributed by atoms with Crippen LogP contribution < -0.4 is 5.32 Å². The fourth-order valence-corrected chi connectivity index (χ4v) is 3.13. The van der Waals surface area contributed by atoms with Crippen LogP contribution in [0.15, 0.2) is 24.3 Å². The van der Waals surface area contributed by atoms with Crippen LogP contribution in [0.2, 0.25) is 0 Å². The van der Waals surface area contributed by atoms with Crippen molar-refractivity contribution in [3.63, 3.8) is 0 Å². The summed E-state index contributed by atoms with van der Waals surface area (Å²) >= 11 is 17.7. The molecule has 2 aromatic rings. The van der Waals surface area contributed by atoms with Gasteiger partial charge in [0.15, 0.2) is 11.6 Å². The first-order chi connectivity index (χ1) is 13.1. The summed E-state index contributed by atoms with van der Waals surface area (Å²) in [6, 6.07) is 4.65. The van der Waals surface area contributed by atoms with Crippen molar-refractivity contribution in [3.8, 4) is 11.4 Å². The van der Waals surface area contributed by atoms with E-state index in [1.807, 2.05) is 0 Å². The molecule has 0 aliphatic carbocycles. The maximum atomic E-state index is 13.0. The molecule has 0 radical (unpaired) electrons. The Morgan fingerprint density at radius 1 is 1.04 bits per heavy atom. The van der Waals surface area contributed by atoms with Gasteiger partial charge in [0.1, 0.15) is 0 Å². The van der Waals surface area contributed by atoms with Crippen LogP contribution in [0.1, 0.15) is 24.2 Å². The van der Waals surface area contributed by atoms with Gasteiger partial charge in [0.2, 0.25) is 9.74 Å². The second-order valence-corrected chi connectivity index (χ2v) is 8.64. The number of rotatable bonds is 5. The van der Waals surface area contributed by atoms with Gasteiger partial charge in [0.25, 0.3) is 0 Å². The molecule has 1 saturated heterocycles. The molecule has 3 rings (SSSR count). The zero-order valence-corrected chi connectivity index (χ0v) is 16.9. The molecule has 1 aromatic heterocycles. The minimum Gasteiger partial charge on any atom is -0.353 e. The number of hydrogen-bond donors (Lipinski definition) is 1.